The first kappa shape index (κ1) is 22.3. The highest BCUT2D eigenvalue weighted by atomic mass is 16.3. The zero-order valence-electron chi connectivity index (χ0n) is 22.0. The van der Waals surface area contributed by atoms with Crippen LogP contribution in [-0.2, 0) is 0 Å². The van der Waals surface area contributed by atoms with Crippen LogP contribution < -0.4 is 0 Å². The Morgan fingerprint density at radius 2 is 1.15 bits per heavy atom. The molecule has 1 aliphatic rings. The Morgan fingerprint density at radius 1 is 0.463 bits per heavy atom. The van der Waals surface area contributed by atoms with Crippen LogP contribution in [-0.4, -0.2) is 9.97 Å². The number of hydrogen-bond acceptors (Lipinski definition) is 3. The fraction of sp³-hybridized carbons (Fsp3) is 0. The summed E-state index contributed by atoms with van der Waals surface area (Å²) in [5.74, 6) is 0. The molecule has 0 saturated heterocycles. The van der Waals surface area contributed by atoms with Crippen molar-refractivity contribution in [3.63, 3.8) is 0 Å². The summed E-state index contributed by atoms with van der Waals surface area (Å²) in [4.78, 5) is 9.76. The second-order valence-corrected chi connectivity index (χ2v) is 10.6. The maximum Gasteiger partial charge on any atom is 0.143 e. The van der Waals surface area contributed by atoms with Crippen LogP contribution in [0.4, 0.5) is 0 Å². The van der Waals surface area contributed by atoms with E-state index in [2.05, 4.69) is 97.1 Å². The molecule has 3 aromatic heterocycles. The summed E-state index contributed by atoms with van der Waals surface area (Å²) in [6.45, 7) is 0. The molecule has 0 amide bonds. The van der Waals surface area contributed by atoms with E-state index in [4.69, 9.17) is 14.4 Å². The van der Waals surface area contributed by atoms with Crippen LogP contribution >= 0.6 is 0 Å². The van der Waals surface area contributed by atoms with Gasteiger partial charge in [0.05, 0.1) is 11.0 Å². The summed E-state index contributed by atoms with van der Waals surface area (Å²) >= 11 is 0. The molecule has 0 radical (unpaired) electrons. The van der Waals surface area contributed by atoms with Gasteiger partial charge >= 0.3 is 0 Å². The van der Waals surface area contributed by atoms with E-state index in [9.17, 15) is 0 Å². The van der Waals surface area contributed by atoms with Gasteiger partial charge in [-0.2, -0.15) is 0 Å². The Morgan fingerprint density at radius 3 is 2.00 bits per heavy atom. The lowest BCUT2D eigenvalue weighted by atomic mass is 9.80. The number of aromatic nitrogens is 2. The van der Waals surface area contributed by atoms with Crippen molar-refractivity contribution in [1.29, 1.82) is 0 Å². The molecule has 0 spiro atoms. The first-order chi connectivity index (χ1) is 20.3. The summed E-state index contributed by atoms with van der Waals surface area (Å²) in [7, 11) is 0. The molecule has 3 nitrogen and oxygen atoms in total. The molecule has 0 atom stereocenters. The first-order valence-electron chi connectivity index (χ1n) is 13.8. The normalized spacial score (nSPS) is 11.9. The molecule has 0 unspecified atom stereocenters. The van der Waals surface area contributed by atoms with Gasteiger partial charge in [0.25, 0.3) is 0 Å². The second kappa shape index (κ2) is 8.48. The number of furan rings is 1. The maximum atomic E-state index is 6.43. The highest BCUT2D eigenvalue weighted by Crippen LogP contribution is 2.50. The van der Waals surface area contributed by atoms with Crippen LogP contribution in [0.15, 0.2) is 138 Å². The van der Waals surface area contributed by atoms with E-state index in [0.717, 1.165) is 66.4 Å². The van der Waals surface area contributed by atoms with Gasteiger partial charge in [-0.05, 0) is 63.2 Å². The summed E-state index contributed by atoms with van der Waals surface area (Å²) in [6, 6.07) is 42.8. The predicted molar refractivity (Wildman–Crippen MR) is 168 cm³/mol. The molecule has 8 aromatic rings. The Balaban J connectivity index is 1.41. The number of para-hydroxylation sites is 2. The molecule has 0 bridgehead atoms. The van der Waals surface area contributed by atoms with Crippen molar-refractivity contribution in [1.82, 2.24) is 9.97 Å². The minimum Gasteiger partial charge on any atom is -0.455 e. The number of nitrogens with zero attached hydrogens (tertiary/aromatic N) is 2. The lowest BCUT2D eigenvalue weighted by Crippen LogP contribution is -2.00. The van der Waals surface area contributed by atoms with Crippen molar-refractivity contribution in [2.45, 2.75) is 0 Å². The Hall–Kier alpha value is -5.54. The third kappa shape index (κ3) is 3.20. The monoisotopic (exact) mass is 522 g/mol. The van der Waals surface area contributed by atoms with Crippen molar-refractivity contribution in [2.24, 2.45) is 0 Å². The minimum absolute atomic E-state index is 0.889. The molecule has 1 aliphatic carbocycles. The second-order valence-electron chi connectivity index (χ2n) is 10.6. The largest absolute Gasteiger partial charge is 0.455 e. The van der Waals surface area contributed by atoms with Crippen molar-refractivity contribution in [3.8, 4) is 55.6 Å². The molecular weight excluding hydrogens is 500 g/mol. The van der Waals surface area contributed by atoms with Crippen molar-refractivity contribution < 1.29 is 4.42 Å². The number of hydrogen-bond donors (Lipinski definition) is 0. The van der Waals surface area contributed by atoms with Gasteiger partial charge in [-0.3, -0.25) is 9.97 Å². The third-order valence-corrected chi connectivity index (χ3v) is 8.35. The van der Waals surface area contributed by atoms with Gasteiger partial charge in [0.1, 0.15) is 11.2 Å². The molecule has 0 aliphatic heterocycles. The van der Waals surface area contributed by atoms with E-state index in [1.165, 1.54) is 22.3 Å². The van der Waals surface area contributed by atoms with Crippen LogP contribution in [0.5, 0.6) is 0 Å². The maximum absolute atomic E-state index is 6.43. The van der Waals surface area contributed by atoms with Crippen LogP contribution in [0, 0.1) is 0 Å². The molecule has 3 heterocycles. The van der Waals surface area contributed by atoms with E-state index in [0.29, 0.717) is 0 Å². The molecule has 41 heavy (non-hydrogen) atoms. The van der Waals surface area contributed by atoms with Gasteiger partial charge < -0.3 is 4.42 Å². The fourth-order valence-electron chi connectivity index (χ4n) is 6.53. The number of rotatable bonds is 1. The molecular formula is C38H22N2O. The average molecular weight is 523 g/mol. The quantitative estimate of drug-likeness (QED) is 0.215. The summed E-state index contributed by atoms with van der Waals surface area (Å²) < 4.78 is 6.43. The van der Waals surface area contributed by atoms with Crippen molar-refractivity contribution in [3.05, 3.63) is 134 Å². The molecule has 0 fully saturated rings. The molecule has 3 heteroatoms. The molecule has 190 valence electrons. The fourth-order valence-corrected chi connectivity index (χ4v) is 6.53. The SMILES string of the molecule is c1ccc2c(c1)-c1ccc(-c3cccc4c3oc3ccccc34)cc1-c1cnc3cccnc3c1-c1ccccc1-2. The molecule has 0 N–H and O–H groups in total. The zero-order valence-corrected chi connectivity index (χ0v) is 22.0. The van der Waals surface area contributed by atoms with Crippen LogP contribution in [0.25, 0.3) is 88.6 Å². The van der Waals surface area contributed by atoms with Gasteiger partial charge in [-0.25, -0.2) is 0 Å². The summed E-state index contributed by atoms with van der Waals surface area (Å²) in [5.41, 5.74) is 15.1. The van der Waals surface area contributed by atoms with Crippen LogP contribution in [0.2, 0.25) is 0 Å². The lowest BCUT2D eigenvalue weighted by Gasteiger charge is -2.24. The van der Waals surface area contributed by atoms with Crippen LogP contribution in [0.1, 0.15) is 0 Å². The topological polar surface area (TPSA) is 38.9 Å². The van der Waals surface area contributed by atoms with Gasteiger partial charge in [0, 0.05) is 39.9 Å². The summed E-state index contributed by atoms with van der Waals surface area (Å²) in [6.07, 6.45) is 3.88. The highest BCUT2D eigenvalue weighted by Gasteiger charge is 2.25. The summed E-state index contributed by atoms with van der Waals surface area (Å²) in [5, 5.41) is 2.26. The van der Waals surface area contributed by atoms with Crippen molar-refractivity contribution >= 4 is 33.0 Å². The molecule has 9 rings (SSSR count). The molecule has 0 saturated carbocycles. The molecule has 5 aromatic carbocycles. The number of pyridine rings is 2. The van der Waals surface area contributed by atoms with Gasteiger partial charge in [0.15, 0.2) is 0 Å². The first-order valence-corrected chi connectivity index (χ1v) is 13.8. The highest BCUT2D eigenvalue weighted by molar-refractivity contribution is 6.12. The van der Waals surface area contributed by atoms with Gasteiger partial charge in [0.2, 0.25) is 0 Å². The van der Waals surface area contributed by atoms with E-state index in [1.54, 1.807) is 0 Å². The average Bonchev–Trinajstić information content (AvgIpc) is 3.42. The Bertz CT molecular complexity index is 2330. The predicted octanol–water partition coefficient (Wildman–Crippen LogP) is 10.2. The van der Waals surface area contributed by atoms with Crippen LogP contribution in [0.3, 0.4) is 0 Å². The zero-order chi connectivity index (χ0) is 26.9. The Kier molecular flexibility index (Phi) is 4.61. The third-order valence-electron chi connectivity index (χ3n) is 8.35. The number of benzene rings is 5. The van der Waals surface area contributed by atoms with E-state index < -0.39 is 0 Å². The number of fused-ring (bicyclic) bond motifs is 13. The van der Waals surface area contributed by atoms with E-state index in [1.807, 2.05) is 36.7 Å². The van der Waals surface area contributed by atoms with Crippen molar-refractivity contribution in [2.75, 3.05) is 0 Å². The Labute approximate surface area is 236 Å². The minimum atomic E-state index is 0.889. The standard InChI is InChI=1S/C38H22N2O/c1-2-10-26-25(9-1)27-11-3-4-13-30(27)36-33(22-40-34-16-8-20-39-37(34)36)32-21-23(18-19-28(26)32)24-14-7-15-31-29-12-5-6-17-35(29)41-38(24)31/h1-22H. The van der Waals surface area contributed by atoms with Gasteiger partial charge in [-0.1, -0.05) is 97.1 Å². The van der Waals surface area contributed by atoms with E-state index in [-0.39, 0.29) is 0 Å². The van der Waals surface area contributed by atoms with E-state index >= 15 is 0 Å². The lowest BCUT2D eigenvalue weighted by molar-refractivity contribution is 0.670. The smallest absolute Gasteiger partial charge is 0.143 e. The van der Waals surface area contributed by atoms with Gasteiger partial charge in [-0.15, -0.1) is 0 Å².